The number of nitrogens with zero attached hydrogens (tertiary/aromatic N) is 2. The highest BCUT2D eigenvalue weighted by Crippen LogP contribution is 2.34. The number of rotatable bonds is 8. The van der Waals surface area contributed by atoms with E-state index in [1.165, 1.54) is 11.3 Å². The van der Waals surface area contributed by atoms with Crippen molar-refractivity contribution in [3.63, 3.8) is 0 Å². The standard InChI is InChI=1S/C17H21Cl2N3O2S/c1-4-5-6-7-24-14-12(18)8-11(9-13(14)19)15(23)20-17-22-21-16(25-17)10(2)3/h8-10H,4-7H2,1-3H3,(H,20,22,23). The highest BCUT2D eigenvalue weighted by molar-refractivity contribution is 7.15. The van der Waals surface area contributed by atoms with E-state index in [-0.39, 0.29) is 11.8 Å². The molecule has 0 unspecified atom stereocenters. The maximum Gasteiger partial charge on any atom is 0.257 e. The molecule has 1 aromatic heterocycles. The first-order valence-electron chi connectivity index (χ1n) is 8.19. The van der Waals surface area contributed by atoms with Gasteiger partial charge in [-0.3, -0.25) is 10.1 Å². The molecule has 0 saturated carbocycles. The van der Waals surface area contributed by atoms with Crippen LogP contribution < -0.4 is 10.1 Å². The van der Waals surface area contributed by atoms with Crippen molar-refractivity contribution in [3.05, 3.63) is 32.7 Å². The predicted molar refractivity (Wildman–Crippen MR) is 103 cm³/mol. The van der Waals surface area contributed by atoms with Gasteiger partial charge in [0.2, 0.25) is 5.13 Å². The number of benzene rings is 1. The predicted octanol–water partition coefficient (Wildman–Crippen LogP) is 5.79. The minimum absolute atomic E-state index is 0.260. The monoisotopic (exact) mass is 401 g/mol. The third kappa shape index (κ3) is 5.56. The van der Waals surface area contributed by atoms with Crippen molar-refractivity contribution in [2.75, 3.05) is 11.9 Å². The van der Waals surface area contributed by atoms with Crippen molar-refractivity contribution < 1.29 is 9.53 Å². The van der Waals surface area contributed by atoms with Crippen LogP contribution in [0.2, 0.25) is 10.0 Å². The van der Waals surface area contributed by atoms with Crippen molar-refractivity contribution >= 4 is 45.6 Å². The van der Waals surface area contributed by atoms with Crippen LogP contribution in [0.5, 0.6) is 5.75 Å². The van der Waals surface area contributed by atoms with E-state index < -0.39 is 0 Å². The number of aromatic nitrogens is 2. The number of ether oxygens (including phenoxy) is 1. The Bertz CT molecular complexity index is 711. The van der Waals surface area contributed by atoms with Crippen LogP contribution in [0.1, 0.15) is 61.3 Å². The zero-order valence-corrected chi connectivity index (χ0v) is 16.8. The molecule has 0 aliphatic rings. The first kappa shape index (κ1) is 19.9. The second-order valence-electron chi connectivity index (χ2n) is 5.88. The summed E-state index contributed by atoms with van der Waals surface area (Å²) in [6.45, 7) is 6.70. The maximum absolute atomic E-state index is 12.4. The first-order valence-corrected chi connectivity index (χ1v) is 9.76. The van der Waals surface area contributed by atoms with E-state index in [9.17, 15) is 4.79 Å². The molecule has 1 heterocycles. The minimum atomic E-state index is -0.340. The summed E-state index contributed by atoms with van der Waals surface area (Å²) in [5.74, 6) is 0.331. The molecule has 0 bridgehead atoms. The van der Waals surface area contributed by atoms with E-state index in [2.05, 4.69) is 22.4 Å². The second kappa shape index (κ2) is 9.36. The van der Waals surface area contributed by atoms with Crippen LogP contribution in [0.3, 0.4) is 0 Å². The normalized spacial score (nSPS) is 11.0. The van der Waals surface area contributed by atoms with Gasteiger partial charge >= 0.3 is 0 Å². The van der Waals surface area contributed by atoms with Gasteiger partial charge in [0.15, 0.2) is 5.75 Å². The van der Waals surface area contributed by atoms with Crippen LogP contribution in [0, 0.1) is 0 Å². The zero-order chi connectivity index (χ0) is 18.4. The Morgan fingerprint density at radius 1 is 1.24 bits per heavy atom. The Labute approximate surface area is 161 Å². The first-order chi connectivity index (χ1) is 11.9. The number of carbonyl (C=O) groups excluding carboxylic acids is 1. The highest BCUT2D eigenvalue weighted by Gasteiger charge is 2.16. The molecule has 0 fully saturated rings. The molecule has 25 heavy (non-hydrogen) atoms. The van der Waals surface area contributed by atoms with Gasteiger partial charge in [-0.2, -0.15) is 0 Å². The average molecular weight is 402 g/mol. The number of nitrogens with one attached hydrogen (secondary N) is 1. The van der Waals surface area contributed by atoms with E-state index in [1.807, 2.05) is 13.8 Å². The van der Waals surface area contributed by atoms with Gasteiger partial charge < -0.3 is 4.74 Å². The molecule has 0 saturated heterocycles. The molecule has 0 aliphatic heterocycles. The number of anilines is 1. The summed E-state index contributed by atoms with van der Waals surface area (Å²) in [6, 6.07) is 3.09. The molecule has 0 atom stereocenters. The molecular formula is C17H21Cl2N3O2S. The van der Waals surface area contributed by atoms with Gasteiger partial charge in [-0.15, -0.1) is 10.2 Å². The zero-order valence-electron chi connectivity index (χ0n) is 14.4. The van der Waals surface area contributed by atoms with Gasteiger partial charge in [0, 0.05) is 11.5 Å². The van der Waals surface area contributed by atoms with E-state index in [4.69, 9.17) is 27.9 Å². The number of carbonyl (C=O) groups is 1. The summed E-state index contributed by atoms with van der Waals surface area (Å²) < 4.78 is 5.64. The fraction of sp³-hybridized carbons (Fsp3) is 0.471. The van der Waals surface area contributed by atoms with Gasteiger partial charge in [0.25, 0.3) is 5.91 Å². The molecule has 0 aliphatic carbocycles. The lowest BCUT2D eigenvalue weighted by Gasteiger charge is -2.11. The Balaban J connectivity index is 2.06. The number of halogens is 2. The van der Waals surface area contributed by atoms with Crippen molar-refractivity contribution in [2.24, 2.45) is 0 Å². The highest BCUT2D eigenvalue weighted by atomic mass is 35.5. The minimum Gasteiger partial charge on any atom is -0.490 e. The Morgan fingerprint density at radius 3 is 2.48 bits per heavy atom. The summed E-state index contributed by atoms with van der Waals surface area (Å²) in [6.07, 6.45) is 3.12. The number of hydrogen-bond donors (Lipinski definition) is 1. The third-order valence-corrected chi connectivity index (χ3v) is 5.11. The fourth-order valence-electron chi connectivity index (χ4n) is 2.04. The lowest BCUT2D eigenvalue weighted by molar-refractivity contribution is 0.102. The van der Waals surface area contributed by atoms with Crippen molar-refractivity contribution in [1.29, 1.82) is 0 Å². The fourth-order valence-corrected chi connectivity index (χ4v) is 3.38. The summed E-state index contributed by atoms with van der Waals surface area (Å²) >= 11 is 13.8. The van der Waals surface area contributed by atoms with E-state index >= 15 is 0 Å². The van der Waals surface area contributed by atoms with Gasteiger partial charge in [-0.05, 0) is 18.6 Å². The summed E-state index contributed by atoms with van der Waals surface area (Å²) in [7, 11) is 0. The lowest BCUT2D eigenvalue weighted by atomic mass is 10.2. The number of amides is 1. The topological polar surface area (TPSA) is 64.1 Å². The van der Waals surface area contributed by atoms with Crippen molar-refractivity contribution in [2.45, 2.75) is 46.0 Å². The Kier molecular flexibility index (Phi) is 7.47. The van der Waals surface area contributed by atoms with Crippen molar-refractivity contribution in [3.8, 4) is 5.75 Å². The molecule has 8 heteroatoms. The maximum atomic E-state index is 12.4. The van der Waals surface area contributed by atoms with Crippen LogP contribution in [0.15, 0.2) is 12.1 Å². The van der Waals surface area contributed by atoms with E-state index in [1.54, 1.807) is 12.1 Å². The average Bonchev–Trinajstić information content (AvgIpc) is 3.02. The summed E-state index contributed by atoms with van der Waals surface area (Å²) in [5.41, 5.74) is 0.345. The molecular weight excluding hydrogens is 381 g/mol. The molecule has 1 N–H and O–H groups in total. The Hall–Kier alpha value is -1.37. The van der Waals surface area contributed by atoms with Crippen LogP contribution >= 0.6 is 34.5 Å². The van der Waals surface area contributed by atoms with Crippen LogP contribution in [0.25, 0.3) is 0 Å². The van der Waals surface area contributed by atoms with Crippen LogP contribution in [0.4, 0.5) is 5.13 Å². The van der Waals surface area contributed by atoms with Crippen LogP contribution in [-0.2, 0) is 0 Å². The van der Waals surface area contributed by atoms with Gasteiger partial charge in [-0.1, -0.05) is 68.2 Å². The summed E-state index contributed by atoms with van der Waals surface area (Å²) in [4.78, 5) is 12.4. The lowest BCUT2D eigenvalue weighted by Crippen LogP contribution is -2.12. The second-order valence-corrected chi connectivity index (χ2v) is 7.70. The third-order valence-electron chi connectivity index (χ3n) is 3.41. The number of unbranched alkanes of at least 4 members (excludes halogenated alkanes) is 2. The van der Waals surface area contributed by atoms with E-state index in [0.29, 0.717) is 33.1 Å². The van der Waals surface area contributed by atoms with Gasteiger partial charge in [0.1, 0.15) is 5.01 Å². The SMILES string of the molecule is CCCCCOc1c(Cl)cc(C(=O)Nc2nnc(C(C)C)s2)cc1Cl. The molecule has 0 spiro atoms. The molecule has 1 amide bonds. The largest absolute Gasteiger partial charge is 0.490 e. The van der Waals surface area contributed by atoms with Gasteiger partial charge in [0.05, 0.1) is 16.7 Å². The number of hydrogen-bond acceptors (Lipinski definition) is 5. The molecule has 0 radical (unpaired) electrons. The molecule has 2 aromatic rings. The quantitative estimate of drug-likeness (QED) is 0.568. The molecule has 136 valence electrons. The van der Waals surface area contributed by atoms with Gasteiger partial charge in [-0.25, -0.2) is 0 Å². The summed E-state index contributed by atoms with van der Waals surface area (Å²) in [5, 5.41) is 12.7. The van der Waals surface area contributed by atoms with Crippen LogP contribution in [-0.4, -0.2) is 22.7 Å². The van der Waals surface area contributed by atoms with Crippen molar-refractivity contribution in [1.82, 2.24) is 10.2 Å². The Morgan fingerprint density at radius 2 is 1.92 bits per heavy atom. The molecule has 5 nitrogen and oxygen atoms in total. The molecule has 1 aromatic carbocycles. The molecule has 2 rings (SSSR count). The van der Waals surface area contributed by atoms with E-state index in [0.717, 1.165) is 24.3 Å². The smallest absolute Gasteiger partial charge is 0.257 e.